The van der Waals surface area contributed by atoms with E-state index in [2.05, 4.69) is 26.1 Å². The van der Waals surface area contributed by atoms with Crippen LogP contribution in [-0.4, -0.2) is 14.8 Å². The van der Waals surface area contributed by atoms with Gasteiger partial charge in [0.05, 0.1) is 6.54 Å². The summed E-state index contributed by atoms with van der Waals surface area (Å²) < 4.78 is 2.08. The third-order valence-electron chi connectivity index (χ3n) is 1.83. The Morgan fingerprint density at radius 3 is 3.15 bits per heavy atom. The number of anilines is 1. The number of aromatic nitrogens is 3. The van der Waals surface area contributed by atoms with Crippen molar-refractivity contribution in [3.8, 4) is 0 Å². The summed E-state index contributed by atoms with van der Waals surface area (Å²) >= 11 is 1.51. The number of nitrogens with zero attached hydrogens (tertiary/aromatic N) is 3. The highest BCUT2D eigenvalue weighted by Crippen LogP contribution is 2.10. The molecule has 0 aliphatic carbocycles. The zero-order chi connectivity index (χ0) is 9.10. The molecule has 13 heavy (non-hydrogen) atoms. The monoisotopic (exact) mass is 194 g/mol. The van der Waals surface area contributed by atoms with Gasteiger partial charge in [-0.05, 0) is 12.1 Å². The molecule has 2 heterocycles. The molecule has 2 rings (SSSR count). The van der Waals surface area contributed by atoms with Crippen LogP contribution in [0, 0.1) is 0 Å². The smallest absolute Gasteiger partial charge is 0.205 e. The van der Waals surface area contributed by atoms with E-state index in [9.17, 15) is 0 Å². The molecule has 0 saturated heterocycles. The van der Waals surface area contributed by atoms with Crippen molar-refractivity contribution in [2.24, 2.45) is 7.05 Å². The van der Waals surface area contributed by atoms with Crippen LogP contribution in [0.5, 0.6) is 0 Å². The molecular weight excluding hydrogens is 184 g/mol. The van der Waals surface area contributed by atoms with Crippen LogP contribution in [0.25, 0.3) is 0 Å². The molecule has 1 N–H and O–H groups in total. The normalized spacial score (nSPS) is 10.2. The lowest BCUT2D eigenvalue weighted by Gasteiger charge is -2.02. The second-order valence-electron chi connectivity index (χ2n) is 2.71. The summed E-state index contributed by atoms with van der Waals surface area (Å²) in [5.41, 5.74) is 2.95. The van der Waals surface area contributed by atoms with Crippen molar-refractivity contribution in [3.63, 3.8) is 0 Å². The van der Waals surface area contributed by atoms with E-state index >= 15 is 0 Å². The maximum atomic E-state index is 3.89. The Hall–Kier alpha value is -1.36. The van der Waals surface area contributed by atoms with Gasteiger partial charge >= 0.3 is 0 Å². The molecule has 68 valence electrons. The van der Waals surface area contributed by atoms with Gasteiger partial charge in [-0.25, -0.2) is 0 Å². The minimum atomic E-state index is 0.790. The van der Waals surface area contributed by atoms with Gasteiger partial charge in [-0.2, -0.15) is 0 Å². The highest BCUT2D eigenvalue weighted by Gasteiger charge is 1.98. The van der Waals surface area contributed by atoms with Crippen molar-refractivity contribution in [3.05, 3.63) is 29.5 Å². The molecule has 0 saturated carbocycles. The van der Waals surface area contributed by atoms with E-state index in [1.54, 1.807) is 5.51 Å². The standard InChI is InChI=1S/C8H10N4S/c1-12-4-2-3-7(12)5-9-8-11-10-6-13-8/h2-4,6H,5H2,1H3,(H,9,11). The maximum absolute atomic E-state index is 3.89. The van der Waals surface area contributed by atoms with E-state index in [4.69, 9.17) is 0 Å². The fourth-order valence-electron chi connectivity index (χ4n) is 1.10. The summed E-state index contributed by atoms with van der Waals surface area (Å²) in [6, 6.07) is 4.10. The predicted octanol–water partition coefficient (Wildman–Crippen LogP) is 1.49. The molecule has 0 fully saturated rings. The van der Waals surface area contributed by atoms with Gasteiger partial charge in [0, 0.05) is 18.9 Å². The summed E-state index contributed by atoms with van der Waals surface area (Å²) in [5.74, 6) is 0. The van der Waals surface area contributed by atoms with Crippen LogP contribution in [0.2, 0.25) is 0 Å². The van der Waals surface area contributed by atoms with Crippen LogP contribution in [0.15, 0.2) is 23.8 Å². The Bertz CT molecular complexity index is 365. The van der Waals surface area contributed by atoms with Crippen LogP contribution in [0.4, 0.5) is 5.13 Å². The van der Waals surface area contributed by atoms with Gasteiger partial charge in [-0.1, -0.05) is 11.3 Å². The first kappa shape index (κ1) is 8.25. The third kappa shape index (κ3) is 1.86. The van der Waals surface area contributed by atoms with Crippen molar-refractivity contribution in [2.45, 2.75) is 6.54 Å². The molecule has 0 radical (unpaired) electrons. The van der Waals surface area contributed by atoms with E-state index in [0.717, 1.165) is 11.7 Å². The quantitative estimate of drug-likeness (QED) is 0.805. The van der Waals surface area contributed by atoms with Crippen LogP contribution in [0.1, 0.15) is 5.69 Å². The average molecular weight is 194 g/mol. The molecule has 0 spiro atoms. The van der Waals surface area contributed by atoms with Gasteiger partial charge in [0.25, 0.3) is 0 Å². The molecule has 2 aromatic heterocycles. The van der Waals surface area contributed by atoms with E-state index in [1.807, 2.05) is 19.3 Å². The molecular formula is C8H10N4S. The number of hydrogen-bond acceptors (Lipinski definition) is 4. The summed E-state index contributed by atoms with van der Waals surface area (Å²) in [7, 11) is 2.02. The first-order chi connectivity index (χ1) is 6.36. The second kappa shape index (κ2) is 3.57. The largest absolute Gasteiger partial charge is 0.355 e. The lowest BCUT2D eigenvalue weighted by Crippen LogP contribution is -2.03. The second-order valence-corrected chi connectivity index (χ2v) is 3.54. The number of hydrogen-bond donors (Lipinski definition) is 1. The Morgan fingerprint density at radius 2 is 2.54 bits per heavy atom. The molecule has 0 atom stereocenters. The molecule has 0 unspecified atom stereocenters. The minimum Gasteiger partial charge on any atom is -0.355 e. The molecule has 0 aliphatic rings. The summed E-state index contributed by atoms with van der Waals surface area (Å²) in [5, 5.41) is 11.7. The van der Waals surface area contributed by atoms with Crippen molar-refractivity contribution in [1.29, 1.82) is 0 Å². The van der Waals surface area contributed by atoms with Gasteiger partial charge in [0.15, 0.2) is 0 Å². The van der Waals surface area contributed by atoms with Gasteiger partial charge in [-0.3, -0.25) is 0 Å². The average Bonchev–Trinajstić information content (AvgIpc) is 2.72. The fraction of sp³-hybridized carbons (Fsp3) is 0.250. The lowest BCUT2D eigenvalue weighted by atomic mass is 10.4. The Kier molecular flexibility index (Phi) is 2.27. The van der Waals surface area contributed by atoms with E-state index in [-0.39, 0.29) is 0 Å². The number of aryl methyl sites for hydroxylation is 1. The van der Waals surface area contributed by atoms with Crippen molar-refractivity contribution < 1.29 is 0 Å². The van der Waals surface area contributed by atoms with Crippen LogP contribution >= 0.6 is 11.3 Å². The fourth-order valence-corrected chi connectivity index (χ4v) is 1.54. The number of nitrogens with one attached hydrogen (secondary N) is 1. The summed E-state index contributed by atoms with van der Waals surface area (Å²) in [6.07, 6.45) is 2.02. The summed E-state index contributed by atoms with van der Waals surface area (Å²) in [4.78, 5) is 0. The van der Waals surface area contributed by atoms with Gasteiger partial charge < -0.3 is 9.88 Å². The van der Waals surface area contributed by atoms with E-state index in [0.29, 0.717) is 0 Å². The third-order valence-corrected chi connectivity index (χ3v) is 2.48. The molecule has 2 aromatic rings. The zero-order valence-electron chi connectivity index (χ0n) is 7.27. The van der Waals surface area contributed by atoms with E-state index < -0.39 is 0 Å². The molecule has 0 aromatic carbocycles. The van der Waals surface area contributed by atoms with Crippen molar-refractivity contribution in [1.82, 2.24) is 14.8 Å². The Labute approximate surface area is 80.2 Å². The maximum Gasteiger partial charge on any atom is 0.205 e. The molecule has 5 heteroatoms. The van der Waals surface area contributed by atoms with Gasteiger partial charge in [0.2, 0.25) is 5.13 Å². The zero-order valence-corrected chi connectivity index (χ0v) is 8.08. The van der Waals surface area contributed by atoms with Crippen LogP contribution < -0.4 is 5.32 Å². The van der Waals surface area contributed by atoms with E-state index in [1.165, 1.54) is 17.0 Å². The Morgan fingerprint density at radius 1 is 1.62 bits per heavy atom. The molecule has 4 nitrogen and oxygen atoms in total. The number of rotatable bonds is 3. The van der Waals surface area contributed by atoms with Gasteiger partial charge in [0.1, 0.15) is 5.51 Å². The topological polar surface area (TPSA) is 42.7 Å². The Balaban J connectivity index is 1.97. The highest BCUT2D eigenvalue weighted by molar-refractivity contribution is 7.13. The van der Waals surface area contributed by atoms with Crippen molar-refractivity contribution >= 4 is 16.5 Å². The lowest BCUT2D eigenvalue weighted by molar-refractivity contribution is 0.840. The highest BCUT2D eigenvalue weighted by atomic mass is 32.1. The first-order valence-electron chi connectivity index (χ1n) is 3.96. The summed E-state index contributed by atoms with van der Waals surface area (Å²) in [6.45, 7) is 0.790. The predicted molar refractivity (Wildman–Crippen MR) is 52.6 cm³/mol. The van der Waals surface area contributed by atoms with Crippen LogP contribution in [-0.2, 0) is 13.6 Å². The van der Waals surface area contributed by atoms with Gasteiger partial charge in [-0.15, -0.1) is 10.2 Å². The minimum absolute atomic E-state index is 0.790. The molecule has 0 amide bonds. The van der Waals surface area contributed by atoms with Crippen LogP contribution in [0.3, 0.4) is 0 Å². The van der Waals surface area contributed by atoms with Crippen molar-refractivity contribution in [2.75, 3.05) is 5.32 Å². The SMILES string of the molecule is Cn1cccc1CNc1nncs1. The first-order valence-corrected chi connectivity index (χ1v) is 4.84. The molecule has 0 aliphatic heterocycles. The molecule has 0 bridgehead atoms.